The lowest BCUT2D eigenvalue weighted by Crippen LogP contribution is -2.14. The van der Waals surface area contributed by atoms with Gasteiger partial charge in [0, 0.05) is 21.2 Å². The van der Waals surface area contributed by atoms with Crippen molar-refractivity contribution in [3.05, 3.63) is 44.2 Å². The molecule has 2 N–H and O–H groups in total. The van der Waals surface area contributed by atoms with Gasteiger partial charge in [0.05, 0.1) is 5.01 Å². The molecule has 2 aromatic heterocycles. The van der Waals surface area contributed by atoms with Crippen molar-refractivity contribution >= 4 is 46.6 Å². The van der Waals surface area contributed by atoms with Crippen LogP contribution < -0.4 is 0 Å². The molecule has 0 fully saturated rings. The minimum absolute atomic E-state index is 0.0990. The third-order valence-corrected chi connectivity index (χ3v) is 6.62. The Kier molecular flexibility index (Phi) is 5.85. The van der Waals surface area contributed by atoms with Crippen molar-refractivity contribution in [1.29, 1.82) is 0 Å². The van der Waals surface area contributed by atoms with Crippen molar-refractivity contribution in [3.8, 4) is 11.6 Å². The lowest BCUT2D eigenvalue weighted by molar-refractivity contribution is 0.0557. The zero-order valence-corrected chi connectivity index (χ0v) is 17.6. The third kappa shape index (κ3) is 4.47. The summed E-state index contributed by atoms with van der Waals surface area (Å²) < 4.78 is 44.1. The van der Waals surface area contributed by atoms with E-state index in [1.54, 1.807) is 5.38 Å². The van der Waals surface area contributed by atoms with Crippen LogP contribution in [0.1, 0.15) is 16.1 Å². The normalized spacial score (nSPS) is 12.5. The summed E-state index contributed by atoms with van der Waals surface area (Å²) in [4.78, 5) is 21.9. The summed E-state index contributed by atoms with van der Waals surface area (Å²) in [6.07, 6.45) is 0. The van der Waals surface area contributed by atoms with Crippen LogP contribution in [0.25, 0.3) is 11.6 Å². The fourth-order valence-electron chi connectivity index (χ4n) is 2.03. The lowest BCUT2D eigenvalue weighted by atomic mass is 10.1. The average molecular weight is 498 g/mol. The SMILES string of the molecule is Cc1nc(-c2nnc(SCc3ccc(C(F)(F)P(=O)(O)O)c(Br)c3)o2)cs1. The largest absolute Gasteiger partial charge is 0.410 e. The number of halogens is 3. The molecule has 0 radical (unpaired) electrons. The summed E-state index contributed by atoms with van der Waals surface area (Å²) >= 11 is 5.60. The molecule has 0 spiro atoms. The molecule has 13 heteroatoms. The summed E-state index contributed by atoms with van der Waals surface area (Å²) in [6.45, 7) is 1.86. The summed E-state index contributed by atoms with van der Waals surface area (Å²) in [5.41, 5.74) is -3.83. The van der Waals surface area contributed by atoms with Gasteiger partial charge < -0.3 is 14.2 Å². The van der Waals surface area contributed by atoms with Crippen LogP contribution in [-0.4, -0.2) is 25.0 Å². The van der Waals surface area contributed by atoms with E-state index in [1.165, 1.54) is 35.2 Å². The van der Waals surface area contributed by atoms with E-state index in [0.29, 0.717) is 22.9 Å². The van der Waals surface area contributed by atoms with E-state index in [-0.39, 0.29) is 9.70 Å². The monoisotopic (exact) mass is 497 g/mol. The minimum Gasteiger partial charge on any atom is -0.410 e. The summed E-state index contributed by atoms with van der Waals surface area (Å²) in [5.74, 6) is 0.623. The number of alkyl halides is 2. The number of thiazole rings is 1. The summed E-state index contributed by atoms with van der Waals surface area (Å²) in [5, 5.41) is 10.8. The van der Waals surface area contributed by atoms with Gasteiger partial charge in [-0.3, -0.25) is 4.57 Å². The minimum atomic E-state index is -5.63. The predicted molar refractivity (Wildman–Crippen MR) is 99.8 cm³/mol. The predicted octanol–water partition coefficient (Wildman–Crippen LogP) is 4.78. The molecule has 0 aliphatic rings. The molecular formula is C14H11BrF2N3O4PS2. The Balaban J connectivity index is 1.71. The fourth-order valence-corrected chi connectivity index (χ4v) is 4.66. The van der Waals surface area contributed by atoms with E-state index < -0.39 is 18.8 Å². The maximum atomic E-state index is 13.8. The third-order valence-electron chi connectivity index (χ3n) is 3.33. The van der Waals surface area contributed by atoms with Gasteiger partial charge in [-0.1, -0.05) is 39.8 Å². The number of aryl methyl sites for hydroxylation is 1. The number of benzene rings is 1. The molecule has 2 heterocycles. The number of hydrogen-bond acceptors (Lipinski definition) is 7. The highest BCUT2D eigenvalue weighted by Gasteiger charge is 2.51. The van der Waals surface area contributed by atoms with Crippen molar-refractivity contribution in [2.24, 2.45) is 0 Å². The topological polar surface area (TPSA) is 109 Å². The van der Waals surface area contributed by atoms with Gasteiger partial charge in [0.25, 0.3) is 11.1 Å². The zero-order valence-electron chi connectivity index (χ0n) is 13.5. The second kappa shape index (κ2) is 7.69. The second-order valence-electron chi connectivity index (χ2n) is 5.31. The maximum absolute atomic E-state index is 13.8. The smallest absolute Gasteiger partial charge is 0.399 e. The standard InChI is InChI=1S/C14H11BrF2N3O4PS2/c1-7-18-11(6-26-7)12-19-20-13(24-12)27-5-8-2-3-9(10(15)4-8)14(16,17)25(21,22)23/h2-4,6H,5H2,1H3,(H2,21,22,23). The molecule has 7 nitrogen and oxygen atoms in total. The first-order valence-corrected chi connectivity index (χ1v) is 11.5. The molecule has 0 bridgehead atoms. The quantitative estimate of drug-likeness (QED) is 0.369. The van der Waals surface area contributed by atoms with Crippen molar-refractivity contribution < 1.29 is 27.5 Å². The van der Waals surface area contributed by atoms with Crippen LogP contribution in [0.3, 0.4) is 0 Å². The highest BCUT2D eigenvalue weighted by Crippen LogP contribution is 2.60. The van der Waals surface area contributed by atoms with Gasteiger partial charge >= 0.3 is 13.3 Å². The first-order chi connectivity index (χ1) is 12.6. The number of nitrogens with zero attached hydrogens (tertiary/aromatic N) is 3. The van der Waals surface area contributed by atoms with E-state index in [4.69, 9.17) is 14.2 Å². The van der Waals surface area contributed by atoms with Gasteiger partial charge in [-0.25, -0.2) is 4.98 Å². The summed E-state index contributed by atoms with van der Waals surface area (Å²) in [7, 11) is -5.63. The molecule has 0 aliphatic heterocycles. The molecule has 3 aromatic rings. The van der Waals surface area contributed by atoms with Crippen molar-refractivity contribution in [1.82, 2.24) is 15.2 Å². The molecule has 144 valence electrons. The molecule has 0 amide bonds. The molecule has 27 heavy (non-hydrogen) atoms. The first-order valence-electron chi connectivity index (χ1n) is 7.19. The molecule has 0 saturated heterocycles. The number of aromatic nitrogens is 3. The van der Waals surface area contributed by atoms with E-state index in [1.807, 2.05) is 6.92 Å². The van der Waals surface area contributed by atoms with Gasteiger partial charge in [-0.15, -0.1) is 21.5 Å². The highest BCUT2D eigenvalue weighted by molar-refractivity contribution is 9.10. The Morgan fingerprint density at radius 3 is 2.70 bits per heavy atom. The Hall–Kier alpha value is -1.17. The second-order valence-corrected chi connectivity index (χ2v) is 9.81. The van der Waals surface area contributed by atoms with E-state index >= 15 is 0 Å². The molecular weight excluding hydrogens is 487 g/mol. The zero-order chi connectivity index (χ0) is 19.8. The van der Waals surface area contributed by atoms with Crippen LogP contribution in [-0.2, 0) is 16.0 Å². The highest BCUT2D eigenvalue weighted by atomic mass is 79.9. The lowest BCUT2D eigenvalue weighted by Gasteiger charge is -2.19. The Morgan fingerprint density at radius 1 is 1.37 bits per heavy atom. The van der Waals surface area contributed by atoms with Crippen LogP contribution in [0.4, 0.5) is 8.78 Å². The van der Waals surface area contributed by atoms with Gasteiger partial charge in [0.1, 0.15) is 5.69 Å². The number of thioether (sulfide) groups is 1. The van der Waals surface area contributed by atoms with Crippen LogP contribution in [0, 0.1) is 6.92 Å². The van der Waals surface area contributed by atoms with Gasteiger partial charge in [0.2, 0.25) is 0 Å². The number of rotatable bonds is 6. The fraction of sp³-hybridized carbons (Fsp3) is 0.214. The molecule has 0 atom stereocenters. The van der Waals surface area contributed by atoms with Crippen LogP contribution in [0.5, 0.6) is 0 Å². The van der Waals surface area contributed by atoms with Crippen molar-refractivity contribution in [2.75, 3.05) is 0 Å². The number of hydrogen-bond donors (Lipinski definition) is 2. The average Bonchev–Trinajstić information content (AvgIpc) is 3.20. The van der Waals surface area contributed by atoms with Crippen molar-refractivity contribution in [3.63, 3.8) is 0 Å². The van der Waals surface area contributed by atoms with Crippen LogP contribution in [0.2, 0.25) is 0 Å². The van der Waals surface area contributed by atoms with E-state index in [9.17, 15) is 13.3 Å². The Labute approximate surface area is 168 Å². The van der Waals surface area contributed by atoms with Crippen LogP contribution in [0.15, 0.2) is 37.7 Å². The van der Waals surface area contributed by atoms with Gasteiger partial charge in [0.15, 0.2) is 0 Å². The van der Waals surface area contributed by atoms with Crippen LogP contribution >= 0.6 is 46.6 Å². The van der Waals surface area contributed by atoms with Gasteiger partial charge in [-0.2, -0.15) is 8.78 Å². The molecule has 0 aliphatic carbocycles. The van der Waals surface area contributed by atoms with Gasteiger partial charge in [-0.05, 0) is 18.6 Å². The maximum Gasteiger partial charge on any atom is 0.399 e. The van der Waals surface area contributed by atoms with E-state index in [2.05, 4.69) is 31.1 Å². The molecule has 0 saturated carbocycles. The Morgan fingerprint density at radius 2 is 2.11 bits per heavy atom. The first kappa shape index (κ1) is 20.6. The Bertz CT molecular complexity index is 1020. The summed E-state index contributed by atoms with van der Waals surface area (Å²) in [6, 6.07) is 3.71. The molecule has 1 aromatic carbocycles. The molecule has 3 rings (SSSR count). The van der Waals surface area contributed by atoms with E-state index in [0.717, 1.165) is 11.1 Å². The molecule has 0 unspecified atom stereocenters. The van der Waals surface area contributed by atoms with Crippen molar-refractivity contribution in [2.45, 2.75) is 23.6 Å².